The van der Waals surface area contributed by atoms with E-state index in [-0.39, 0.29) is 0 Å². The molecule has 2 aliphatic rings. The monoisotopic (exact) mass is 442 g/mol. The van der Waals surface area contributed by atoms with Gasteiger partial charge in [-0.15, -0.1) is 0 Å². The van der Waals surface area contributed by atoms with E-state index in [1.54, 1.807) is 0 Å². The third-order valence-electron chi connectivity index (χ3n) is 6.22. The maximum Gasteiger partial charge on any atom is 0.0731 e. The zero-order valence-electron chi connectivity index (χ0n) is 17.9. The minimum atomic E-state index is 0.446. The minimum Gasteiger partial charge on any atom is -0.374 e. The van der Waals surface area contributed by atoms with Gasteiger partial charge in [0.15, 0.2) is 0 Å². The van der Waals surface area contributed by atoms with Gasteiger partial charge < -0.3 is 9.47 Å². The lowest BCUT2D eigenvalue weighted by Gasteiger charge is -2.23. The average Bonchev–Trinajstić information content (AvgIpc) is 2.82. The Bertz CT molecular complexity index is 702. The molecule has 0 saturated heterocycles. The van der Waals surface area contributed by atoms with Crippen molar-refractivity contribution >= 4 is 21.6 Å². The fourth-order valence-corrected chi connectivity index (χ4v) is 6.81. The number of ether oxygens (including phenoxy) is 2. The van der Waals surface area contributed by atoms with Crippen LogP contribution in [0, 0.1) is 0 Å². The second kappa shape index (κ2) is 12.2. The summed E-state index contributed by atoms with van der Waals surface area (Å²) in [4.78, 5) is 2.61. The van der Waals surface area contributed by atoms with Crippen LogP contribution in [-0.2, 0) is 22.7 Å². The van der Waals surface area contributed by atoms with E-state index in [2.05, 4.69) is 48.5 Å². The molecule has 4 heteroatoms. The fourth-order valence-electron chi connectivity index (χ4n) is 4.38. The summed E-state index contributed by atoms with van der Waals surface area (Å²) in [7, 11) is 3.69. The van der Waals surface area contributed by atoms with E-state index >= 15 is 0 Å². The van der Waals surface area contributed by atoms with Crippen molar-refractivity contribution in [3.63, 3.8) is 0 Å². The van der Waals surface area contributed by atoms with Crippen LogP contribution < -0.4 is 0 Å². The number of benzene rings is 2. The van der Waals surface area contributed by atoms with Crippen molar-refractivity contribution in [1.29, 1.82) is 0 Å². The van der Waals surface area contributed by atoms with Crippen molar-refractivity contribution in [3.8, 4) is 0 Å². The lowest BCUT2D eigenvalue weighted by molar-refractivity contribution is 0.0158. The lowest BCUT2D eigenvalue weighted by Crippen LogP contribution is -2.16. The van der Waals surface area contributed by atoms with E-state index < -0.39 is 0 Å². The smallest absolute Gasteiger partial charge is 0.0731 e. The third kappa shape index (κ3) is 6.78. The number of hydrogen-bond donors (Lipinski definition) is 0. The first-order chi connectivity index (χ1) is 14.9. The second-order valence-electron chi connectivity index (χ2n) is 8.52. The average molecular weight is 443 g/mol. The summed E-state index contributed by atoms with van der Waals surface area (Å²) in [6, 6.07) is 17.4. The summed E-state index contributed by atoms with van der Waals surface area (Å²) in [6.07, 6.45) is 13.8. The van der Waals surface area contributed by atoms with Gasteiger partial charge in [0, 0.05) is 9.79 Å². The molecular formula is C26H34O2S2. The molecule has 0 N–H and O–H groups in total. The molecule has 2 fully saturated rings. The molecule has 30 heavy (non-hydrogen) atoms. The molecule has 2 saturated carbocycles. The normalized spacial score (nSPS) is 18.5. The predicted octanol–water partition coefficient (Wildman–Crippen LogP) is 8.18. The Hall–Kier alpha value is -0.940. The first-order valence-corrected chi connectivity index (χ1v) is 13.8. The van der Waals surface area contributed by atoms with Gasteiger partial charge in [-0.3, -0.25) is 0 Å². The van der Waals surface area contributed by atoms with Crippen molar-refractivity contribution in [2.45, 2.75) is 99.4 Å². The Morgan fingerprint density at radius 2 is 0.967 bits per heavy atom. The highest BCUT2D eigenvalue weighted by Gasteiger charge is 2.16. The Labute approximate surface area is 189 Å². The van der Waals surface area contributed by atoms with Crippen LogP contribution in [0.25, 0.3) is 0 Å². The van der Waals surface area contributed by atoms with E-state index in [9.17, 15) is 0 Å². The molecule has 0 radical (unpaired) electrons. The van der Waals surface area contributed by atoms with Crippen molar-refractivity contribution in [1.82, 2.24) is 0 Å². The minimum absolute atomic E-state index is 0.446. The zero-order chi connectivity index (χ0) is 20.4. The van der Waals surface area contributed by atoms with Crippen LogP contribution >= 0.6 is 21.6 Å². The topological polar surface area (TPSA) is 18.5 Å². The Morgan fingerprint density at radius 1 is 0.567 bits per heavy atom. The maximum atomic E-state index is 6.25. The van der Waals surface area contributed by atoms with E-state index in [0.29, 0.717) is 12.2 Å². The van der Waals surface area contributed by atoms with Gasteiger partial charge >= 0.3 is 0 Å². The van der Waals surface area contributed by atoms with Crippen LogP contribution in [0.2, 0.25) is 0 Å². The number of rotatable bonds is 9. The van der Waals surface area contributed by atoms with Crippen molar-refractivity contribution in [3.05, 3.63) is 59.7 Å². The summed E-state index contributed by atoms with van der Waals surface area (Å²) < 4.78 is 12.5. The van der Waals surface area contributed by atoms with Gasteiger partial charge in [0.25, 0.3) is 0 Å². The molecule has 2 nitrogen and oxygen atoms in total. The molecule has 2 aromatic carbocycles. The standard InChI is InChI=1S/C26H34O2S2/c1-3-13-23(14-4-1)27-19-21-11-7-9-17-25(21)29-30-26-18-10-8-12-22(26)20-28-24-15-5-2-6-16-24/h7-12,17-18,23-24H,1-6,13-16,19-20H2. The second-order valence-corrected chi connectivity index (χ2v) is 10.7. The predicted molar refractivity (Wildman–Crippen MR) is 128 cm³/mol. The summed E-state index contributed by atoms with van der Waals surface area (Å²) in [6.45, 7) is 1.45. The van der Waals surface area contributed by atoms with Crippen LogP contribution in [0.4, 0.5) is 0 Å². The van der Waals surface area contributed by atoms with Gasteiger partial charge in [0.1, 0.15) is 0 Å². The summed E-state index contributed by atoms with van der Waals surface area (Å²) >= 11 is 0. The largest absolute Gasteiger partial charge is 0.374 e. The van der Waals surface area contributed by atoms with E-state index in [0.717, 1.165) is 13.2 Å². The zero-order valence-corrected chi connectivity index (χ0v) is 19.5. The van der Waals surface area contributed by atoms with Gasteiger partial charge in [-0.05, 0) is 48.9 Å². The first-order valence-electron chi connectivity index (χ1n) is 11.6. The van der Waals surface area contributed by atoms with Crippen molar-refractivity contribution in [2.75, 3.05) is 0 Å². The quantitative estimate of drug-likeness (QED) is 0.364. The van der Waals surface area contributed by atoms with Gasteiger partial charge in [0.05, 0.1) is 25.4 Å². The Balaban J connectivity index is 1.33. The highest BCUT2D eigenvalue weighted by Crippen LogP contribution is 2.41. The molecule has 0 bridgehead atoms. The number of hydrogen-bond acceptors (Lipinski definition) is 4. The van der Waals surface area contributed by atoms with Gasteiger partial charge in [-0.2, -0.15) is 0 Å². The van der Waals surface area contributed by atoms with Crippen LogP contribution in [0.3, 0.4) is 0 Å². The van der Waals surface area contributed by atoms with Gasteiger partial charge in [0.2, 0.25) is 0 Å². The van der Waals surface area contributed by atoms with Crippen molar-refractivity contribution in [2.24, 2.45) is 0 Å². The van der Waals surface area contributed by atoms with Crippen LogP contribution in [0.5, 0.6) is 0 Å². The summed E-state index contributed by atoms with van der Waals surface area (Å²) in [5.41, 5.74) is 2.60. The van der Waals surface area contributed by atoms with Crippen molar-refractivity contribution < 1.29 is 9.47 Å². The molecular weight excluding hydrogens is 408 g/mol. The third-order valence-corrected chi connectivity index (χ3v) is 8.79. The molecule has 2 aromatic rings. The van der Waals surface area contributed by atoms with Crippen LogP contribution in [0.1, 0.15) is 75.3 Å². The molecule has 0 aromatic heterocycles. The lowest BCUT2D eigenvalue weighted by atomic mass is 9.98. The molecule has 0 unspecified atom stereocenters. The van der Waals surface area contributed by atoms with Gasteiger partial charge in [-0.25, -0.2) is 0 Å². The first kappa shape index (κ1) is 22.3. The van der Waals surface area contributed by atoms with Crippen LogP contribution in [-0.4, -0.2) is 12.2 Å². The molecule has 162 valence electrons. The molecule has 0 aliphatic heterocycles. The highest BCUT2D eigenvalue weighted by molar-refractivity contribution is 8.76. The molecule has 2 aliphatic carbocycles. The summed E-state index contributed by atoms with van der Waals surface area (Å²) in [5, 5.41) is 0. The molecule has 0 atom stereocenters. The van der Waals surface area contributed by atoms with Crippen LogP contribution in [0.15, 0.2) is 58.3 Å². The van der Waals surface area contributed by atoms with E-state index in [1.807, 2.05) is 21.6 Å². The molecule has 0 heterocycles. The van der Waals surface area contributed by atoms with Gasteiger partial charge in [-0.1, -0.05) is 96.5 Å². The summed E-state index contributed by atoms with van der Waals surface area (Å²) in [5.74, 6) is 0. The van der Waals surface area contributed by atoms with E-state index in [1.165, 1.54) is 85.1 Å². The Kier molecular flexibility index (Phi) is 9.04. The molecule has 0 amide bonds. The Morgan fingerprint density at radius 3 is 1.40 bits per heavy atom. The highest BCUT2D eigenvalue weighted by atomic mass is 33.1. The maximum absolute atomic E-state index is 6.25. The molecule has 0 spiro atoms. The fraction of sp³-hybridized carbons (Fsp3) is 0.538. The molecule has 4 rings (SSSR count). The van der Waals surface area contributed by atoms with E-state index in [4.69, 9.17) is 9.47 Å². The SMILES string of the molecule is c1ccc(SSc2ccccc2COC2CCCCC2)c(COC2CCCCC2)c1.